The molecule has 1 saturated heterocycles. The molecule has 1 aliphatic heterocycles. The van der Waals surface area contributed by atoms with Gasteiger partial charge in [-0.3, -0.25) is 4.90 Å². The standard InChI is InChI=1S/C10H20N2/c1-3-10(2)4-7-12-8-5-11-6-9-12/h4,11H,3,5-9H2,1-2H3/b10-4+. The van der Waals surface area contributed by atoms with Crippen LogP contribution in [0.5, 0.6) is 0 Å². The fraction of sp³-hybridized carbons (Fsp3) is 0.800. The van der Waals surface area contributed by atoms with Gasteiger partial charge in [-0.15, -0.1) is 0 Å². The van der Waals surface area contributed by atoms with Gasteiger partial charge in [0.1, 0.15) is 0 Å². The van der Waals surface area contributed by atoms with Crippen LogP contribution in [0.15, 0.2) is 11.6 Å². The molecule has 0 unspecified atom stereocenters. The molecule has 0 aromatic carbocycles. The van der Waals surface area contributed by atoms with Gasteiger partial charge in [-0.1, -0.05) is 18.6 Å². The fourth-order valence-electron chi connectivity index (χ4n) is 1.32. The molecule has 1 heterocycles. The smallest absolute Gasteiger partial charge is 0.0166 e. The SMILES string of the molecule is CC/C(C)=C/CN1CCNCC1. The Kier molecular flexibility index (Phi) is 4.33. The second-order valence-corrected chi connectivity index (χ2v) is 3.45. The molecule has 0 amide bonds. The van der Waals surface area contributed by atoms with Crippen LogP contribution in [0.1, 0.15) is 20.3 Å². The topological polar surface area (TPSA) is 15.3 Å². The van der Waals surface area contributed by atoms with E-state index in [4.69, 9.17) is 0 Å². The van der Waals surface area contributed by atoms with Crippen molar-refractivity contribution >= 4 is 0 Å². The van der Waals surface area contributed by atoms with E-state index in [0.29, 0.717) is 0 Å². The lowest BCUT2D eigenvalue weighted by molar-refractivity contribution is 0.264. The lowest BCUT2D eigenvalue weighted by Gasteiger charge is -2.26. The largest absolute Gasteiger partial charge is 0.314 e. The molecular formula is C10H20N2. The molecule has 1 fully saturated rings. The van der Waals surface area contributed by atoms with E-state index in [1.807, 2.05) is 0 Å². The van der Waals surface area contributed by atoms with E-state index in [2.05, 4.69) is 30.1 Å². The lowest BCUT2D eigenvalue weighted by Crippen LogP contribution is -2.43. The van der Waals surface area contributed by atoms with Crippen LogP contribution in [-0.4, -0.2) is 37.6 Å². The van der Waals surface area contributed by atoms with E-state index in [1.54, 1.807) is 0 Å². The minimum absolute atomic E-state index is 1.14. The monoisotopic (exact) mass is 168 g/mol. The highest BCUT2D eigenvalue weighted by molar-refractivity contribution is 4.98. The second-order valence-electron chi connectivity index (χ2n) is 3.45. The predicted molar refractivity (Wildman–Crippen MR) is 53.4 cm³/mol. The molecule has 0 bridgehead atoms. The molecule has 1 N–H and O–H groups in total. The van der Waals surface area contributed by atoms with Gasteiger partial charge < -0.3 is 5.32 Å². The average molecular weight is 168 g/mol. The van der Waals surface area contributed by atoms with Crippen LogP contribution in [0.2, 0.25) is 0 Å². The number of nitrogens with zero attached hydrogens (tertiary/aromatic N) is 1. The molecule has 1 aliphatic rings. The van der Waals surface area contributed by atoms with Crippen LogP contribution in [0.3, 0.4) is 0 Å². The van der Waals surface area contributed by atoms with E-state index in [-0.39, 0.29) is 0 Å². The van der Waals surface area contributed by atoms with Gasteiger partial charge in [-0.2, -0.15) is 0 Å². The summed E-state index contributed by atoms with van der Waals surface area (Å²) in [5, 5.41) is 3.35. The van der Waals surface area contributed by atoms with Crippen LogP contribution >= 0.6 is 0 Å². The van der Waals surface area contributed by atoms with Crippen LogP contribution in [0, 0.1) is 0 Å². The normalized spacial score (nSPS) is 21.3. The molecule has 0 aromatic rings. The van der Waals surface area contributed by atoms with Gasteiger partial charge in [0.05, 0.1) is 0 Å². The number of piperazine rings is 1. The van der Waals surface area contributed by atoms with Gasteiger partial charge in [-0.25, -0.2) is 0 Å². The summed E-state index contributed by atoms with van der Waals surface area (Å²) < 4.78 is 0. The Hall–Kier alpha value is -0.340. The van der Waals surface area contributed by atoms with E-state index >= 15 is 0 Å². The molecular weight excluding hydrogens is 148 g/mol. The van der Waals surface area contributed by atoms with Crippen molar-refractivity contribution in [3.63, 3.8) is 0 Å². The van der Waals surface area contributed by atoms with Crippen molar-refractivity contribution in [2.45, 2.75) is 20.3 Å². The zero-order valence-corrected chi connectivity index (χ0v) is 8.27. The maximum atomic E-state index is 3.35. The van der Waals surface area contributed by atoms with Gasteiger partial charge in [0.25, 0.3) is 0 Å². The van der Waals surface area contributed by atoms with Crippen molar-refractivity contribution in [3.05, 3.63) is 11.6 Å². The molecule has 1 rings (SSSR count). The molecule has 0 saturated carbocycles. The molecule has 12 heavy (non-hydrogen) atoms. The second kappa shape index (κ2) is 5.33. The number of allylic oxidation sites excluding steroid dienone is 1. The third-order valence-corrected chi connectivity index (χ3v) is 2.47. The minimum atomic E-state index is 1.14. The first-order valence-electron chi connectivity index (χ1n) is 4.91. The first-order chi connectivity index (χ1) is 5.83. The van der Waals surface area contributed by atoms with Crippen molar-refractivity contribution < 1.29 is 0 Å². The third-order valence-electron chi connectivity index (χ3n) is 2.47. The maximum absolute atomic E-state index is 3.35. The summed E-state index contributed by atoms with van der Waals surface area (Å²) in [6, 6.07) is 0. The molecule has 0 aliphatic carbocycles. The molecule has 70 valence electrons. The summed E-state index contributed by atoms with van der Waals surface area (Å²) in [5.74, 6) is 0. The van der Waals surface area contributed by atoms with E-state index in [0.717, 1.165) is 19.6 Å². The maximum Gasteiger partial charge on any atom is 0.0166 e. The first-order valence-corrected chi connectivity index (χ1v) is 4.91. The van der Waals surface area contributed by atoms with Gasteiger partial charge in [0, 0.05) is 32.7 Å². The predicted octanol–water partition coefficient (Wildman–Crippen LogP) is 1.25. The van der Waals surface area contributed by atoms with Crippen LogP contribution in [0.25, 0.3) is 0 Å². The van der Waals surface area contributed by atoms with Gasteiger partial charge in [0.2, 0.25) is 0 Å². The summed E-state index contributed by atoms with van der Waals surface area (Å²) in [6.45, 7) is 10.3. The number of nitrogens with one attached hydrogen (secondary N) is 1. The molecule has 0 spiro atoms. The summed E-state index contributed by atoms with van der Waals surface area (Å²) in [6.07, 6.45) is 3.54. The fourth-order valence-corrected chi connectivity index (χ4v) is 1.32. The first kappa shape index (κ1) is 9.75. The van der Waals surface area contributed by atoms with Crippen LogP contribution in [0.4, 0.5) is 0 Å². The van der Waals surface area contributed by atoms with Crippen molar-refractivity contribution in [1.29, 1.82) is 0 Å². The number of hydrogen-bond donors (Lipinski definition) is 1. The highest BCUT2D eigenvalue weighted by atomic mass is 15.2. The van der Waals surface area contributed by atoms with E-state index < -0.39 is 0 Å². The lowest BCUT2D eigenvalue weighted by atomic mass is 10.2. The highest BCUT2D eigenvalue weighted by Gasteiger charge is 2.06. The highest BCUT2D eigenvalue weighted by Crippen LogP contribution is 1.99. The molecule has 2 nitrogen and oxygen atoms in total. The third kappa shape index (κ3) is 3.37. The summed E-state index contributed by atoms with van der Waals surface area (Å²) >= 11 is 0. The molecule has 2 heteroatoms. The zero-order valence-electron chi connectivity index (χ0n) is 8.27. The Labute approximate surface area is 75.6 Å². The van der Waals surface area contributed by atoms with Gasteiger partial charge in [-0.05, 0) is 13.3 Å². The van der Waals surface area contributed by atoms with E-state index in [9.17, 15) is 0 Å². The number of hydrogen-bond acceptors (Lipinski definition) is 2. The molecule has 0 radical (unpaired) electrons. The Bertz CT molecular complexity index is 146. The number of rotatable bonds is 3. The summed E-state index contributed by atoms with van der Waals surface area (Å²) in [4.78, 5) is 2.50. The van der Waals surface area contributed by atoms with Crippen molar-refractivity contribution in [3.8, 4) is 0 Å². The van der Waals surface area contributed by atoms with Crippen molar-refractivity contribution in [1.82, 2.24) is 10.2 Å². The molecule has 0 atom stereocenters. The Morgan fingerprint density at radius 3 is 2.67 bits per heavy atom. The summed E-state index contributed by atoms with van der Waals surface area (Å²) in [7, 11) is 0. The van der Waals surface area contributed by atoms with Crippen LogP contribution < -0.4 is 5.32 Å². The van der Waals surface area contributed by atoms with Gasteiger partial charge in [0.15, 0.2) is 0 Å². The Morgan fingerprint density at radius 1 is 1.42 bits per heavy atom. The van der Waals surface area contributed by atoms with E-state index in [1.165, 1.54) is 25.1 Å². The Balaban J connectivity index is 2.21. The molecule has 0 aromatic heterocycles. The quantitative estimate of drug-likeness (QED) is 0.638. The minimum Gasteiger partial charge on any atom is -0.314 e. The summed E-state index contributed by atoms with van der Waals surface area (Å²) in [5.41, 5.74) is 1.51. The zero-order chi connectivity index (χ0) is 8.81. The average Bonchev–Trinajstić information content (AvgIpc) is 2.16. The Morgan fingerprint density at radius 2 is 2.08 bits per heavy atom. The van der Waals surface area contributed by atoms with Crippen molar-refractivity contribution in [2.75, 3.05) is 32.7 Å². The van der Waals surface area contributed by atoms with Crippen LogP contribution in [-0.2, 0) is 0 Å². The van der Waals surface area contributed by atoms with Crippen molar-refractivity contribution in [2.24, 2.45) is 0 Å². The van der Waals surface area contributed by atoms with Gasteiger partial charge >= 0.3 is 0 Å².